The first-order valence-corrected chi connectivity index (χ1v) is 14.4. The fourth-order valence-corrected chi connectivity index (χ4v) is 9.26. The molecule has 3 fully saturated rings. The molecule has 3 aliphatic carbocycles. The number of piperazine rings is 1. The Morgan fingerprint density at radius 3 is 2.26 bits per heavy atom. The Kier molecular flexibility index (Phi) is 4.58. The smallest absolute Gasteiger partial charge is 0.0507 e. The van der Waals surface area contributed by atoms with Gasteiger partial charge in [-0.1, -0.05) is 48.5 Å². The highest BCUT2D eigenvalue weighted by atomic mass is 127. The van der Waals surface area contributed by atoms with Crippen molar-refractivity contribution in [1.82, 2.24) is 9.80 Å². The zero-order valence-corrected chi connectivity index (χ0v) is 22.3. The molecule has 35 heavy (non-hydrogen) atoms. The Bertz CT molecular complexity index is 1300. The highest BCUT2D eigenvalue weighted by Gasteiger charge is 2.75. The zero-order chi connectivity index (χ0) is 23.2. The third kappa shape index (κ3) is 2.85. The first kappa shape index (κ1) is 21.2. The predicted octanol–water partition coefficient (Wildman–Crippen LogP) is 5.65. The van der Waals surface area contributed by atoms with E-state index in [2.05, 4.69) is 110 Å². The molecular weight excluding hydrogens is 541 g/mol. The van der Waals surface area contributed by atoms with Gasteiger partial charge in [0.25, 0.3) is 0 Å². The standard InChI is InChI=1S/C31H32IN3/c32-22-9-11-23(12-10-22)35-17-15-33(16-18-35)21-34-14-13-30(20-34)19-31-27-8-4-3-7-26(27)28(31)24-5-1-2-6-25(24)29(30)31/h1-12,28-29H,13-21H2. The molecule has 3 aromatic carbocycles. The quantitative estimate of drug-likeness (QED) is 0.376. The fourth-order valence-electron chi connectivity index (χ4n) is 8.91. The number of fused-ring (bicyclic) bond motifs is 6. The van der Waals surface area contributed by atoms with E-state index in [1.54, 1.807) is 22.3 Å². The molecule has 0 aromatic heterocycles. The molecule has 1 saturated carbocycles. The first-order valence-electron chi connectivity index (χ1n) is 13.3. The van der Waals surface area contributed by atoms with E-state index < -0.39 is 0 Å². The van der Waals surface area contributed by atoms with Gasteiger partial charge in [-0.15, -0.1) is 0 Å². The van der Waals surface area contributed by atoms with Crippen molar-refractivity contribution in [1.29, 1.82) is 0 Å². The molecule has 0 N–H and O–H groups in total. The number of halogens is 1. The number of hydrogen-bond acceptors (Lipinski definition) is 3. The van der Waals surface area contributed by atoms with Crippen LogP contribution in [0.5, 0.6) is 0 Å². The largest absolute Gasteiger partial charge is 0.369 e. The van der Waals surface area contributed by atoms with Crippen molar-refractivity contribution in [2.75, 3.05) is 50.8 Å². The summed E-state index contributed by atoms with van der Waals surface area (Å²) in [6.45, 7) is 8.29. The molecule has 5 aliphatic rings. The maximum atomic E-state index is 2.79. The molecule has 4 heteroatoms. The summed E-state index contributed by atoms with van der Waals surface area (Å²) >= 11 is 2.39. The molecule has 4 atom stereocenters. The van der Waals surface area contributed by atoms with Gasteiger partial charge in [0.2, 0.25) is 0 Å². The lowest BCUT2D eigenvalue weighted by Gasteiger charge is -2.66. The van der Waals surface area contributed by atoms with Crippen molar-refractivity contribution < 1.29 is 0 Å². The van der Waals surface area contributed by atoms with Crippen LogP contribution in [-0.4, -0.2) is 55.7 Å². The molecule has 0 amide bonds. The van der Waals surface area contributed by atoms with Crippen molar-refractivity contribution in [3.63, 3.8) is 0 Å². The van der Waals surface area contributed by atoms with Crippen LogP contribution >= 0.6 is 22.6 Å². The van der Waals surface area contributed by atoms with Crippen LogP contribution in [0.3, 0.4) is 0 Å². The molecular formula is C31H32IN3. The fraction of sp³-hybridized carbons (Fsp3) is 0.419. The number of anilines is 1. The maximum absolute atomic E-state index is 2.79. The summed E-state index contributed by atoms with van der Waals surface area (Å²) in [5.74, 6) is 1.36. The van der Waals surface area contributed by atoms with Crippen LogP contribution in [0.1, 0.15) is 46.9 Å². The van der Waals surface area contributed by atoms with Crippen molar-refractivity contribution in [2.45, 2.75) is 30.1 Å². The summed E-state index contributed by atoms with van der Waals surface area (Å²) in [7, 11) is 0. The zero-order valence-electron chi connectivity index (χ0n) is 20.2. The highest BCUT2D eigenvalue weighted by Crippen LogP contribution is 2.82. The predicted molar refractivity (Wildman–Crippen MR) is 150 cm³/mol. The SMILES string of the molecule is Ic1ccc(N2CCN(CN3CCC4(C3)CC35c6ccccc6C3c3ccccc3C45)CC2)cc1. The van der Waals surface area contributed by atoms with E-state index in [0.29, 0.717) is 22.7 Å². The normalized spacial score (nSPS) is 33.0. The second-order valence-corrected chi connectivity index (χ2v) is 12.9. The number of hydrogen-bond donors (Lipinski definition) is 0. The molecule has 0 bridgehead atoms. The van der Waals surface area contributed by atoms with Crippen LogP contribution in [0.4, 0.5) is 5.69 Å². The van der Waals surface area contributed by atoms with Gasteiger partial charge in [0.05, 0.1) is 6.67 Å². The van der Waals surface area contributed by atoms with Gasteiger partial charge < -0.3 is 4.90 Å². The van der Waals surface area contributed by atoms with Gasteiger partial charge in [-0.25, -0.2) is 0 Å². The summed E-state index contributed by atoms with van der Waals surface area (Å²) in [6.07, 6.45) is 2.75. The molecule has 4 unspecified atom stereocenters. The van der Waals surface area contributed by atoms with Crippen molar-refractivity contribution in [3.8, 4) is 0 Å². The second kappa shape index (κ2) is 7.56. The van der Waals surface area contributed by atoms with E-state index in [1.165, 1.54) is 48.3 Å². The summed E-state index contributed by atoms with van der Waals surface area (Å²) in [5, 5.41) is 0. The maximum Gasteiger partial charge on any atom is 0.0507 e. The highest BCUT2D eigenvalue weighted by molar-refractivity contribution is 14.1. The lowest BCUT2D eigenvalue weighted by Crippen LogP contribution is -2.62. The Hall–Kier alpha value is -1.89. The van der Waals surface area contributed by atoms with Crippen LogP contribution in [0.15, 0.2) is 72.8 Å². The topological polar surface area (TPSA) is 9.72 Å². The lowest BCUT2D eigenvalue weighted by molar-refractivity contribution is -0.0265. The Morgan fingerprint density at radius 1 is 0.743 bits per heavy atom. The Labute approximate surface area is 222 Å². The van der Waals surface area contributed by atoms with Crippen molar-refractivity contribution in [2.24, 2.45) is 5.41 Å². The molecule has 2 aliphatic heterocycles. The van der Waals surface area contributed by atoms with Gasteiger partial charge in [0.15, 0.2) is 0 Å². The summed E-state index contributed by atoms with van der Waals surface area (Å²) in [6, 6.07) is 27.8. The van der Waals surface area contributed by atoms with E-state index >= 15 is 0 Å². The third-order valence-electron chi connectivity index (χ3n) is 10.1. The van der Waals surface area contributed by atoms with Crippen LogP contribution in [0.25, 0.3) is 0 Å². The van der Waals surface area contributed by atoms with E-state index in [9.17, 15) is 0 Å². The number of nitrogens with zero attached hydrogens (tertiary/aromatic N) is 3. The van der Waals surface area contributed by atoms with Gasteiger partial charge in [0, 0.05) is 59.2 Å². The summed E-state index contributed by atoms with van der Waals surface area (Å²) < 4.78 is 1.31. The number of likely N-dealkylation sites (tertiary alicyclic amines) is 1. The van der Waals surface area contributed by atoms with Gasteiger partial charge in [-0.3, -0.25) is 9.80 Å². The second-order valence-electron chi connectivity index (χ2n) is 11.7. The van der Waals surface area contributed by atoms with E-state index in [1.807, 2.05) is 0 Å². The van der Waals surface area contributed by atoms with Crippen LogP contribution in [-0.2, 0) is 5.41 Å². The van der Waals surface area contributed by atoms with E-state index in [4.69, 9.17) is 0 Å². The van der Waals surface area contributed by atoms with Crippen molar-refractivity contribution >= 4 is 28.3 Å². The van der Waals surface area contributed by atoms with Gasteiger partial charge in [-0.05, 0) is 93.9 Å². The molecule has 2 saturated heterocycles. The molecule has 178 valence electrons. The Balaban J connectivity index is 0.982. The minimum absolute atomic E-state index is 0.398. The van der Waals surface area contributed by atoms with Crippen LogP contribution in [0.2, 0.25) is 0 Å². The molecule has 8 rings (SSSR count). The number of rotatable bonds is 3. The Morgan fingerprint density at radius 2 is 1.46 bits per heavy atom. The van der Waals surface area contributed by atoms with Gasteiger partial charge >= 0.3 is 0 Å². The molecule has 3 nitrogen and oxygen atoms in total. The average Bonchev–Trinajstić information content (AvgIpc) is 3.38. The minimum atomic E-state index is 0.398. The molecule has 0 radical (unpaired) electrons. The monoisotopic (exact) mass is 573 g/mol. The van der Waals surface area contributed by atoms with Gasteiger partial charge in [-0.2, -0.15) is 0 Å². The summed E-state index contributed by atoms with van der Waals surface area (Å²) in [4.78, 5) is 8.03. The summed E-state index contributed by atoms with van der Waals surface area (Å²) in [5.41, 5.74) is 8.84. The van der Waals surface area contributed by atoms with E-state index in [0.717, 1.165) is 19.8 Å². The molecule has 3 aromatic rings. The third-order valence-corrected chi connectivity index (χ3v) is 10.8. The molecule has 2 heterocycles. The number of benzene rings is 3. The molecule has 2 spiro atoms. The van der Waals surface area contributed by atoms with Crippen molar-refractivity contribution in [3.05, 3.63) is 98.6 Å². The van der Waals surface area contributed by atoms with Crippen LogP contribution in [0, 0.1) is 8.99 Å². The van der Waals surface area contributed by atoms with Gasteiger partial charge in [0.1, 0.15) is 0 Å². The first-order chi connectivity index (χ1) is 17.2. The lowest BCUT2D eigenvalue weighted by atomic mass is 9.36. The van der Waals surface area contributed by atoms with E-state index in [-0.39, 0.29) is 0 Å². The minimum Gasteiger partial charge on any atom is -0.369 e. The average molecular weight is 574 g/mol. The van der Waals surface area contributed by atoms with Crippen LogP contribution < -0.4 is 4.90 Å².